The van der Waals surface area contributed by atoms with Gasteiger partial charge in [-0.2, -0.15) is 0 Å². The Hall–Kier alpha value is -1.91. The number of carbonyl (C=O) groups excluding carboxylic acids is 1. The second-order valence-electron chi connectivity index (χ2n) is 17.2. The highest BCUT2D eigenvalue weighted by molar-refractivity contribution is 5.76. The zero-order valence-corrected chi connectivity index (χ0v) is 38.8. The summed E-state index contributed by atoms with van der Waals surface area (Å²) in [6.45, 7) is 4.21. The Balaban J connectivity index is 3.42. The Kier molecular flexibility index (Phi) is 47.8. The van der Waals surface area contributed by atoms with Crippen LogP contribution in [0.2, 0.25) is 0 Å². The molecular formula is C54H99NO3. The molecule has 0 radical (unpaired) electrons. The quantitative estimate of drug-likeness (QED) is 0.0424. The summed E-state index contributed by atoms with van der Waals surface area (Å²) in [7, 11) is 0. The summed E-state index contributed by atoms with van der Waals surface area (Å²) >= 11 is 0. The topological polar surface area (TPSA) is 69.6 Å². The fraction of sp³-hybridized carbons (Fsp3) is 0.796. The van der Waals surface area contributed by atoms with Crippen LogP contribution in [0, 0.1) is 0 Å². The van der Waals surface area contributed by atoms with Crippen molar-refractivity contribution in [1.82, 2.24) is 5.32 Å². The van der Waals surface area contributed by atoms with Gasteiger partial charge in [-0.3, -0.25) is 4.79 Å². The molecule has 4 heteroatoms. The van der Waals surface area contributed by atoms with Crippen molar-refractivity contribution in [2.75, 3.05) is 6.61 Å². The second kappa shape index (κ2) is 49.5. The molecule has 0 saturated carbocycles. The van der Waals surface area contributed by atoms with Crippen molar-refractivity contribution in [2.24, 2.45) is 0 Å². The maximum Gasteiger partial charge on any atom is 0.220 e. The van der Waals surface area contributed by atoms with Gasteiger partial charge in [-0.1, -0.05) is 242 Å². The third kappa shape index (κ3) is 45.2. The van der Waals surface area contributed by atoms with E-state index >= 15 is 0 Å². The second-order valence-corrected chi connectivity index (χ2v) is 17.2. The number of amides is 1. The van der Waals surface area contributed by atoms with E-state index in [1.165, 1.54) is 186 Å². The largest absolute Gasteiger partial charge is 0.394 e. The minimum absolute atomic E-state index is 0.0779. The first kappa shape index (κ1) is 56.1. The van der Waals surface area contributed by atoms with Gasteiger partial charge >= 0.3 is 0 Å². The summed E-state index contributed by atoms with van der Waals surface area (Å²) in [5.41, 5.74) is 0. The molecule has 0 aliphatic rings. The highest BCUT2D eigenvalue weighted by atomic mass is 16.3. The highest BCUT2D eigenvalue weighted by Gasteiger charge is 2.17. The maximum atomic E-state index is 12.4. The van der Waals surface area contributed by atoms with E-state index in [1.54, 1.807) is 6.08 Å². The lowest BCUT2D eigenvalue weighted by Gasteiger charge is -2.19. The molecule has 3 N–H and O–H groups in total. The predicted molar refractivity (Wildman–Crippen MR) is 258 cm³/mol. The van der Waals surface area contributed by atoms with E-state index in [4.69, 9.17) is 0 Å². The van der Waals surface area contributed by atoms with E-state index in [0.29, 0.717) is 6.42 Å². The van der Waals surface area contributed by atoms with Crippen LogP contribution in [0.3, 0.4) is 0 Å². The van der Waals surface area contributed by atoms with Gasteiger partial charge in [-0.15, -0.1) is 0 Å². The first-order valence-corrected chi connectivity index (χ1v) is 25.5. The lowest BCUT2D eigenvalue weighted by Crippen LogP contribution is -2.45. The van der Waals surface area contributed by atoms with Gasteiger partial charge < -0.3 is 15.5 Å². The highest BCUT2D eigenvalue weighted by Crippen LogP contribution is 2.16. The number of hydrogen-bond donors (Lipinski definition) is 3. The number of rotatable bonds is 46. The smallest absolute Gasteiger partial charge is 0.220 e. The number of nitrogens with one attached hydrogen (secondary N) is 1. The van der Waals surface area contributed by atoms with Crippen LogP contribution in [0.4, 0.5) is 0 Å². The summed E-state index contributed by atoms with van der Waals surface area (Å²) in [6, 6.07) is -0.644. The van der Waals surface area contributed by atoms with Crippen molar-refractivity contribution in [1.29, 1.82) is 0 Å². The van der Waals surface area contributed by atoms with Gasteiger partial charge in [-0.05, 0) is 70.6 Å². The zero-order valence-electron chi connectivity index (χ0n) is 38.8. The van der Waals surface area contributed by atoms with Crippen LogP contribution in [0.1, 0.15) is 258 Å². The van der Waals surface area contributed by atoms with Crippen LogP contribution in [0.5, 0.6) is 0 Å². The molecule has 0 spiro atoms. The summed E-state index contributed by atoms with van der Waals surface area (Å²) in [4.78, 5) is 12.4. The van der Waals surface area contributed by atoms with E-state index in [1.807, 2.05) is 6.08 Å². The maximum absolute atomic E-state index is 12.4. The number of aliphatic hydroxyl groups excluding tert-OH is 2. The number of carbonyl (C=O) groups is 1. The minimum Gasteiger partial charge on any atom is -0.394 e. The van der Waals surface area contributed by atoms with Crippen LogP contribution < -0.4 is 5.32 Å². The summed E-state index contributed by atoms with van der Waals surface area (Å²) < 4.78 is 0. The molecule has 0 rings (SSSR count). The monoisotopic (exact) mass is 810 g/mol. The molecule has 0 saturated heterocycles. The molecule has 0 aliphatic carbocycles. The van der Waals surface area contributed by atoms with Crippen LogP contribution >= 0.6 is 0 Å². The standard InChI is InChI=1S/C54H99NO3/c1-3-5-7-9-11-13-15-16-17-18-19-20-21-22-23-24-25-26-27-28-29-30-31-32-33-34-35-36-37-38-40-42-44-46-48-50-54(58)55-52(51-56)53(57)49-47-45-43-41-39-14-12-10-8-6-4-2/h8,10,15-16,18-19,39,41,47,49,52-53,56-57H,3-7,9,11-14,17,20-38,40,42-46,48,50-51H2,1-2H3,(H,55,58)/b10-8+,16-15-,19-18-,41-39+,49-47+. The lowest BCUT2D eigenvalue weighted by molar-refractivity contribution is -0.123. The number of unbranched alkanes of at least 4 members (excludes halogenated alkanes) is 31. The third-order valence-electron chi connectivity index (χ3n) is 11.4. The molecule has 0 aromatic heterocycles. The summed E-state index contributed by atoms with van der Waals surface area (Å²) in [5.74, 6) is -0.0779. The van der Waals surface area contributed by atoms with Crippen LogP contribution in [0.25, 0.3) is 0 Å². The summed E-state index contributed by atoms with van der Waals surface area (Å²) in [6.07, 6.45) is 69.5. The van der Waals surface area contributed by atoms with Crippen molar-refractivity contribution in [2.45, 2.75) is 270 Å². The van der Waals surface area contributed by atoms with Gasteiger partial charge in [0.2, 0.25) is 5.91 Å². The van der Waals surface area contributed by atoms with Crippen molar-refractivity contribution >= 4 is 5.91 Å². The average Bonchev–Trinajstić information content (AvgIpc) is 3.23. The molecule has 4 nitrogen and oxygen atoms in total. The van der Waals surface area contributed by atoms with E-state index in [9.17, 15) is 15.0 Å². The number of allylic oxidation sites excluding steroid dienone is 9. The lowest BCUT2D eigenvalue weighted by atomic mass is 10.0. The number of aliphatic hydroxyl groups is 2. The van der Waals surface area contributed by atoms with Gasteiger partial charge in [0.25, 0.3) is 0 Å². The van der Waals surface area contributed by atoms with Crippen LogP contribution in [-0.2, 0) is 4.79 Å². The van der Waals surface area contributed by atoms with E-state index in [-0.39, 0.29) is 12.5 Å². The van der Waals surface area contributed by atoms with Gasteiger partial charge in [0, 0.05) is 6.42 Å². The third-order valence-corrected chi connectivity index (χ3v) is 11.4. The van der Waals surface area contributed by atoms with Crippen molar-refractivity contribution in [3.05, 3.63) is 60.8 Å². The van der Waals surface area contributed by atoms with Gasteiger partial charge in [0.1, 0.15) is 0 Å². The molecular weight excluding hydrogens is 711 g/mol. The van der Waals surface area contributed by atoms with Gasteiger partial charge in [0.15, 0.2) is 0 Å². The van der Waals surface area contributed by atoms with E-state index < -0.39 is 12.1 Å². The van der Waals surface area contributed by atoms with Crippen LogP contribution in [-0.4, -0.2) is 34.9 Å². The van der Waals surface area contributed by atoms with E-state index in [2.05, 4.69) is 67.8 Å². The molecule has 0 heterocycles. The Morgan fingerprint density at radius 1 is 0.414 bits per heavy atom. The molecule has 1 amide bonds. The first-order valence-electron chi connectivity index (χ1n) is 25.5. The van der Waals surface area contributed by atoms with Crippen LogP contribution in [0.15, 0.2) is 60.8 Å². The first-order chi connectivity index (χ1) is 28.7. The number of hydrogen-bond acceptors (Lipinski definition) is 3. The molecule has 0 aliphatic heterocycles. The molecule has 0 fully saturated rings. The Morgan fingerprint density at radius 3 is 1.16 bits per heavy atom. The average molecular weight is 810 g/mol. The fourth-order valence-electron chi connectivity index (χ4n) is 7.54. The molecule has 0 aromatic rings. The molecule has 0 aromatic carbocycles. The molecule has 0 bridgehead atoms. The van der Waals surface area contributed by atoms with Crippen molar-refractivity contribution in [3.8, 4) is 0 Å². The minimum atomic E-state index is -0.868. The molecule has 58 heavy (non-hydrogen) atoms. The Labute approximate surface area is 362 Å². The van der Waals surface area contributed by atoms with E-state index in [0.717, 1.165) is 51.4 Å². The zero-order chi connectivity index (χ0) is 42.1. The Bertz CT molecular complexity index is 965. The SMILES string of the molecule is CCC/C=C/CC/C=C/CC/C=C/C(O)C(CO)NC(=O)CCCCCCCCCCCCCCCCCCCCCCCCC/C=C\C/C=C\CCCCCCC. The molecule has 2 atom stereocenters. The van der Waals surface area contributed by atoms with Gasteiger partial charge in [0.05, 0.1) is 18.8 Å². The van der Waals surface area contributed by atoms with Crippen molar-refractivity contribution < 1.29 is 15.0 Å². The summed E-state index contributed by atoms with van der Waals surface area (Å²) in [5, 5.41) is 22.9. The normalized spacial score (nSPS) is 13.4. The fourth-order valence-corrected chi connectivity index (χ4v) is 7.54. The van der Waals surface area contributed by atoms with Gasteiger partial charge in [-0.25, -0.2) is 0 Å². The molecule has 2 unspecified atom stereocenters. The van der Waals surface area contributed by atoms with Crippen molar-refractivity contribution in [3.63, 3.8) is 0 Å². The predicted octanol–water partition coefficient (Wildman–Crippen LogP) is 16.5. The Morgan fingerprint density at radius 2 is 0.759 bits per heavy atom. The molecule has 338 valence electrons.